The standard InChI is InChI=1S/C5H7NO3/c1-2-9-5(8)4(6)3-7/h3,6H,2H2,1H3. The molecule has 0 saturated heterocycles. The molecular weight excluding hydrogens is 122 g/mol. The molecule has 0 bridgehead atoms. The van der Waals surface area contributed by atoms with Crippen molar-refractivity contribution in [3.63, 3.8) is 0 Å². The van der Waals surface area contributed by atoms with Crippen LogP contribution in [0.1, 0.15) is 6.92 Å². The van der Waals surface area contributed by atoms with Crippen molar-refractivity contribution < 1.29 is 14.3 Å². The molecule has 0 heterocycles. The maximum absolute atomic E-state index is 10.3. The highest BCUT2D eigenvalue weighted by atomic mass is 16.5. The zero-order valence-electron chi connectivity index (χ0n) is 5.01. The Hall–Kier alpha value is -1.19. The Bertz CT molecular complexity index is 141. The third kappa shape index (κ3) is 2.58. The van der Waals surface area contributed by atoms with Gasteiger partial charge in [-0.25, -0.2) is 4.79 Å². The molecule has 0 aliphatic heterocycles. The van der Waals surface area contributed by atoms with Crippen LogP contribution in [0.15, 0.2) is 0 Å². The van der Waals surface area contributed by atoms with Crippen LogP contribution in [0.3, 0.4) is 0 Å². The Labute approximate surface area is 52.3 Å². The average molecular weight is 129 g/mol. The van der Waals surface area contributed by atoms with Gasteiger partial charge in [0.1, 0.15) is 0 Å². The molecule has 1 N–H and O–H groups in total. The lowest BCUT2D eigenvalue weighted by molar-refractivity contribution is -0.135. The summed E-state index contributed by atoms with van der Waals surface area (Å²) in [7, 11) is 0. The summed E-state index contributed by atoms with van der Waals surface area (Å²) in [6.45, 7) is 1.80. The van der Waals surface area contributed by atoms with Crippen LogP contribution in [0.2, 0.25) is 0 Å². The van der Waals surface area contributed by atoms with Crippen LogP contribution in [0, 0.1) is 5.41 Å². The fourth-order valence-electron chi connectivity index (χ4n) is 0.257. The van der Waals surface area contributed by atoms with Crippen molar-refractivity contribution in [2.24, 2.45) is 0 Å². The highest BCUT2D eigenvalue weighted by Gasteiger charge is 2.06. The molecule has 0 radical (unpaired) electrons. The molecular formula is C5H7NO3. The number of carbonyl (C=O) groups is 2. The van der Waals surface area contributed by atoms with E-state index in [1.54, 1.807) is 6.92 Å². The Kier molecular flexibility index (Phi) is 3.27. The summed E-state index contributed by atoms with van der Waals surface area (Å²) in [5, 5.41) is 6.60. The van der Waals surface area contributed by atoms with Gasteiger partial charge in [-0.15, -0.1) is 0 Å². The number of ether oxygens (including phenoxy) is 1. The Morgan fingerprint density at radius 2 is 2.33 bits per heavy atom. The minimum absolute atomic E-state index is 0.151. The second-order valence-electron chi connectivity index (χ2n) is 1.25. The summed E-state index contributed by atoms with van der Waals surface area (Å²) >= 11 is 0. The van der Waals surface area contributed by atoms with Gasteiger partial charge in [0.25, 0.3) is 0 Å². The lowest BCUT2D eigenvalue weighted by Crippen LogP contribution is -2.17. The first-order valence-electron chi connectivity index (χ1n) is 2.43. The predicted molar refractivity (Wildman–Crippen MR) is 30.4 cm³/mol. The van der Waals surface area contributed by atoms with Gasteiger partial charge < -0.3 is 4.74 Å². The molecule has 0 aliphatic rings. The average Bonchev–Trinajstić information content (AvgIpc) is 1.87. The second kappa shape index (κ2) is 3.77. The van der Waals surface area contributed by atoms with Gasteiger partial charge in [0.15, 0.2) is 12.0 Å². The van der Waals surface area contributed by atoms with Gasteiger partial charge >= 0.3 is 5.97 Å². The maximum Gasteiger partial charge on any atom is 0.359 e. The molecule has 0 unspecified atom stereocenters. The van der Waals surface area contributed by atoms with Crippen molar-refractivity contribution in [3.8, 4) is 0 Å². The minimum atomic E-state index is -0.868. The highest BCUT2D eigenvalue weighted by Crippen LogP contribution is 1.76. The van der Waals surface area contributed by atoms with Crippen LogP contribution in [-0.2, 0) is 14.3 Å². The molecule has 0 aromatic rings. The van der Waals surface area contributed by atoms with Crippen molar-refractivity contribution in [2.75, 3.05) is 6.61 Å². The van der Waals surface area contributed by atoms with E-state index in [9.17, 15) is 9.59 Å². The van der Waals surface area contributed by atoms with E-state index in [2.05, 4.69) is 4.74 Å². The fourth-order valence-corrected chi connectivity index (χ4v) is 0.257. The number of carbonyl (C=O) groups excluding carboxylic acids is 2. The number of aldehydes is 1. The predicted octanol–water partition coefficient (Wildman–Crippen LogP) is -0.232. The van der Waals surface area contributed by atoms with Gasteiger partial charge in [0.05, 0.1) is 6.61 Å². The lowest BCUT2D eigenvalue weighted by Gasteiger charge is -1.94. The van der Waals surface area contributed by atoms with Crippen LogP contribution < -0.4 is 0 Å². The smallest absolute Gasteiger partial charge is 0.359 e. The van der Waals surface area contributed by atoms with Crippen LogP contribution in [0.5, 0.6) is 0 Å². The first kappa shape index (κ1) is 7.81. The van der Waals surface area contributed by atoms with E-state index in [1.165, 1.54) is 0 Å². The molecule has 4 nitrogen and oxygen atoms in total. The third-order valence-corrected chi connectivity index (χ3v) is 0.613. The fraction of sp³-hybridized carbons (Fsp3) is 0.400. The summed E-state index contributed by atoms with van der Waals surface area (Å²) < 4.78 is 4.30. The first-order chi connectivity index (χ1) is 4.22. The van der Waals surface area contributed by atoms with E-state index in [0.29, 0.717) is 0 Å². The van der Waals surface area contributed by atoms with E-state index >= 15 is 0 Å². The molecule has 0 aromatic carbocycles. The van der Waals surface area contributed by atoms with Crippen molar-refractivity contribution in [1.82, 2.24) is 0 Å². The maximum atomic E-state index is 10.3. The molecule has 0 spiro atoms. The van der Waals surface area contributed by atoms with Crippen LogP contribution in [0.4, 0.5) is 0 Å². The second-order valence-corrected chi connectivity index (χ2v) is 1.25. The minimum Gasteiger partial charge on any atom is -0.461 e. The molecule has 0 aliphatic carbocycles. The van der Waals surface area contributed by atoms with Crippen LogP contribution >= 0.6 is 0 Å². The zero-order valence-corrected chi connectivity index (χ0v) is 5.01. The van der Waals surface area contributed by atoms with Crippen molar-refractivity contribution in [2.45, 2.75) is 6.92 Å². The molecule has 9 heavy (non-hydrogen) atoms. The van der Waals surface area contributed by atoms with Crippen molar-refractivity contribution >= 4 is 18.0 Å². The molecule has 0 atom stereocenters. The topological polar surface area (TPSA) is 67.2 Å². The van der Waals surface area contributed by atoms with Crippen molar-refractivity contribution in [1.29, 1.82) is 5.41 Å². The van der Waals surface area contributed by atoms with E-state index in [4.69, 9.17) is 5.41 Å². The Morgan fingerprint density at radius 1 is 1.78 bits per heavy atom. The Morgan fingerprint density at radius 3 is 2.67 bits per heavy atom. The Balaban J connectivity index is 3.73. The molecule has 4 heteroatoms. The van der Waals surface area contributed by atoms with E-state index in [0.717, 1.165) is 0 Å². The van der Waals surface area contributed by atoms with Gasteiger partial charge in [0.2, 0.25) is 0 Å². The van der Waals surface area contributed by atoms with E-state index in [-0.39, 0.29) is 12.9 Å². The summed E-state index contributed by atoms with van der Waals surface area (Å²) in [5.41, 5.74) is -0.642. The normalized spacial score (nSPS) is 8.11. The summed E-state index contributed by atoms with van der Waals surface area (Å²) in [6, 6.07) is 0. The monoisotopic (exact) mass is 129 g/mol. The summed E-state index contributed by atoms with van der Waals surface area (Å²) in [5.74, 6) is -0.868. The summed E-state index contributed by atoms with van der Waals surface area (Å²) in [6.07, 6.45) is 0.151. The molecule has 0 rings (SSSR count). The zero-order chi connectivity index (χ0) is 7.28. The first-order valence-corrected chi connectivity index (χ1v) is 2.43. The van der Waals surface area contributed by atoms with E-state index in [1.807, 2.05) is 0 Å². The van der Waals surface area contributed by atoms with Gasteiger partial charge in [-0.05, 0) is 6.92 Å². The SMILES string of the molecule is CCOC(=O)C(=N)C=O. The largest absolute Gasteiger partial charge is 0.461 e. The number of nitrogens with one attached hydrogen (secondary N) is 1. The van der Waals surface area contributed by atoms with E-state index < -0.39 is 11.7 Å². The number of hydrogen-bond donors (Lipinski definition) is 1. The molecule has 0 saturated carbocycles. The van der Waals surface area contributed by atoms with Gasteiger partial charge in [-0.3, -0.25) is 10.2 Å². The third-order valence-electron chi connectivity index (χ3n) is 0.613. The molecule has 50 valence electrons. The van der Waals surface area contributed by atoms with Crippen molar-refractivity contribution in [3.05, 3.63) is 0 Å². The number of esters is 1. The van der Waals surface area contributed by atoms with Crippen LogP contribution in [-0.4, -0.2) is 24.6 Å². The van der Waals surface area contributed by atoms with Gasteiger partial charge in [-0.1, -0.05) is 0 Å². The lowest BCUT2D eigenvalue weighted by atomic mass is 10.4. The summed E-state index contributed by atoms with van der Waals surface area (Å²) in [4.78, 5) is 20.0. The number of rotatable bonds is 3. The van der Waals surface area contributed by atoms with Crippen LogP contribution in [0.25, 0.3) is 0 Å². The number of hydrogen-bond acceptors (Lipinski definition) is 4. The van der Waals surface area contributed by atoms with Gasteiger partial charge in [-0.2, -0.15) is 0 Å². The molecule has 0 aromatic heterocycles. The highest BCUT2D eigenvalue weighted by molar-refractivity contribution is 6.56. The molecule has 0 fully saturated rings. The van der Waals surface area contributed by atoms with Gasteiger partial charge in [0, 0.05) is 0 Å². The quantitative estimate of drug-likeness (QED) is 0.247. The molecule has 0 amide bonds.